The molecule has 144 valence electrons. The highest BCUT2D eigenvalue weighted by atomic mass is 16.2. The third kappa shape index (κ3) is 4.52. The van der Waals surface area contributed by atoms with Gasteiger partial charge < -0.3 is 10.3 Å². The van der Waals surface area contributed by atoms with Gasteiger partial charge >= 0.3 is 0 Å². The number of nitrogens with one attached hydrogen (secondary N) is 2. The molecule has 2 N–H and O–H groups in total. The fraction of sp³-hybridized carbons (Fsp3) is 0.273. The molecule has 0 radical (unpaired) electrons. The first-order valence-corrected chi connectivity index (χ1v) is 9.37. The summed E-state index contributed by atoms with van der Waals surface area (Å²) in [6.07, 6.45) is 2.60. The summed E-state index contributed by atoms with van der Waals surface area (Å²) in [7, 11) is 0. The number of H-pyrrole nitrogens is 1. The fourth-order valence-electron chi connectivity index (χ4n) is 3.02. The van der Waals surface area contributed by atoms with Gasteiger partial charge in [0.2, 0.25) is 5.91 Å². The lowest BCUT2D eigenvalue weighted by atomic mass is 10.0. The van der Waals surface area contributed by atoms with Crippen molar-refractivity contribution in [2.24, 2.45) is 0 Å². The van der Waals surface area contributed by atoms with Gasteiger partial charge in [0.1, 0.15) is 5.69 Å². The normalized spacial score (nSPS) is 11.8. The molecule has 2 heterocycles. The number of benzene rings is 1. The molecule has 0 saturated carbocycles. The van der Waals surface area contributed by atoms with Crippen molar-refractivity contribution in [3.05, 3.63) is 81.4 Å². The van der Waals surface area contributed by atoms with Crippen LogP contribution in [0, 0.1) is 6.92 Å². The minimum atomic E-state index is -0.316. The first-order chi connectivity index (χ1) is 13.5. The molecule has 3 aromatic rings. The lowest BCUT2D eigenvalue weighted by molar-refractivity contribution is -0.121. The fourth-order valence-corrected chi connectivity index (χ4v) is 3.02. The van der Waals surface area contributed by atoms with Gasteiger partial charge in [-0.1, -0.05) is 37.3 Å². The van der Waals surface area contributed by atoms with E-state index in [9.17, 15) is 9.59 Å². The predicted molar refractivity (Wildman–Crippen MR) is 109 cm³/mol. The zero-order chi connectivity index (χ0) is 20.1. The molecule has 0 aliphatic carbocycles. The molecule has 0 bridgehead atoms. The molecule has 28 heavy (non-hydrogen) atoms. The largest absolute Gasteiger partial charge is 0.349 e. The average molecular weight is 376 g/mol. The number of carbonyl (C=O) groups excluding carboxylic acids is 1. The first kappa shape index (κ1) is 19.5. The van der Waals surface area contributed by atoms with Gasteiger partial charge in [0.15, 0.2) is 5.82 Å². The molecule has 1 amide bonds. The van der Waals surface area contributed by atoms with Crippen LogP contribution in [-0.2, 0) is 17.6 Å². The number of carbonyl (C=O) groups is 1. The molecule has 1 aromatic carbocycles. The van der Waals surface area contributed by atoms with Crippen molar-refractivity contribution in [1.82, 2.24) is 20.3 Å². The van der Waals surface area contributed by atoms with Gasteiger partial charge in [0, 0.05) is 17.5 Å². The first-order valence-electron chi connectivity index (χ1n) is 9.37. The highest BCUT2D eigenvalue weighted by Gasteiger charge is 2.16. The van der Waals surface area contributed by atoms with Gasteiger partial charge in [0.25, 0.3) is 5.56 Å². The van der Waals surface area contributed by atoms with E-state index in [1.165, 1.54) is 5.56 Å². The van der Waals surface area contributed by atoms with Gasteiger partial charge in [-0.05, 0) is 43.5 Å². The maximum absolute atomic E-state index is 12.5. The van der Waals surface area contributed by atoms with E-state index in [0.717, 1.165) is 12.0 Å². The third-order valence-corrected chi connectivity index (χ3v) is 4.73. The number of aromatic amines is 1. The van der Waals surface area contributed by atoms with Crippen LogP contribution >= 0.6 is 0 Å². The summed E-state index contributed by atoms with van der Waals surface area (Å²) in [5.41, 5.74) is 3.44. The van der Waals surface area contributed by atoms with Crippen LogP contribution in [0.25, 0.3) is 11.5 Å². The van der Waals surface area contributed by atoms with Crippen molar-refractivity contribution in [3.8, 4) is 11.5 Å². The summed E-state index contributed by atoms with van der Waals surface area (Å²) in [5.74, 6) is 0.185. The Kier molecular flexibility index (Phi) is 5.99. The predicted octanol–water partition coefficient (Wildman–Crippen LogP) is 3.12. The smallest absolute Gasteiger partial charge is 0.255 e. The quantitative estimate of drug-likeness (QED) is 0.692. The molecular formula is C22H24N4O2. The Morgan fingerprint density at radius 3 is 2.54 bits per heavy atom. The molecule has 0 aliphatic rings. The van der Waals surface area contributed by atoms with Crippen LogP contribution in [0.15, 0.2) is 53.5 Å². The Morgan fingerprint density at radius 2 is 1.93 bits per heavy atom. The van der Waals surface area contributed by atoms with E-state index in [1.807, 2.05) is 25.1 Å². The highest BCUT2D eigenvalue weighted by molar-refractivity contribution is 5.79. The Bertz CT molecular complexity index is 1010. The maximum Gasteiger partial charge on any atom is 0.255 e. The third-order valence-electron chi connectivity index (χ3n) is 4.73. The second-order valence-corrected chi connectivity index (χ2v) is 6.75. The van der Waals surface area contributed by atoms with Crippen LogP contribution < -0.4 is 10.9 Å². The SMILES string of the molecule is CCc1ccc([C@@H](C)NC(=O)Cc2c(C)nc(-c3ccccn3)[nH]c2=O)cc1. The molecule has 0 fully saturated rings. The van der Waals surface area contributed by atoms with Crippen LogP contribution in [0.3, 0.4) is 0 Å². The van der Waals surface area contributed by atoms with Gasteiger partial charge in [-0.25, -0.2) is 4.98 Å². The average Bonchev–Trinajstić information content (AvgIpc) is 2.71. The van der Waals surface area contributed by atoms with Crippen molar-refractivity contribution in [1.29, 1.82) is 0 Å². The Morgan fingerprint density at radius 1 is 1.18 bits per heavy atom. The van der Waals surface area contributed by atoms with E-state index in [0.29, 0.717) is 22.8 Å². The van der Waals surface area contributed by atoms with Crippen LogP contribution in [0.4, 0.5) is 0 Å². The molecule has 0 saturated heterocycles. The summed E-state index contributed by atoms with van der Waals surface area (Å²) >= 11 is 0. The molecular weight excluding hydrogens is 352 g/mol. The topological polar surface area (TPSA) is 87.7 Å². The summed E-state index contributed by atoms with van der Waals surface area (Å²) in [5, 5.41) is 2.95. The number of nitrogens with zero attached hydrogens (tertiary/aromatic N) is 2. The van der Waals surface area contributed by atoms with E-state index in [-0.39, 0.29) is 23.9 Å². The van der Waals surface area contributed by atoms with E-state index < -0.39 is 0 Å². The van der Waals surface area contributed by atoms with Crippen molar-refractivity contribution in [3.63, 3.8) is 0 Å². The molecule has 0 aliphatic heterocycles. The van der Waals surface area contributed by atoms with E-state index in [1.54, 1.807) is 25.3 Å². The summed E-state index contributed by atoms with van der Waals surface area (Å²) in [4.78, 5) is 36.3. The Balaban J connectivity index is 1.72. The number of pyridine rings is 1. The number of hydrogen-bond donors (Lipinski definition) is 2. The maximum atomic E-state index is 12.5. The lowest BCUT2D eigenvalue weighted by Crippen LogP contribution is -2.31. The molecule has 6 nitrogen and oxygen atoms in total. The molecule has 2 aromatic heterocycles. The molecule has 0 unspecified atom stereocenters. The van der Waals surface area contributed by atoms with Crippen molar-refractivity contribution in [2.45, 2.75) is 39.7 Å². The lowest BCUT2D eigenvalue weighted by Gasteiger charge is -2.15. The van der Waals surface area contributed by atoms with E-state index in [4.69, 9.17) is 0 Å². The van der Waals surface area contributed by atoms with E-state index >= 15 is 0 Å². The van der Waals surface area contributed by atoms with E-state index in [2.05, 4.69) is 39.3 Å². The molecule has 1 atom stereocenters. The van der Waals surface area contributed by atoms with Crippen molar-refractivity contribution < 1.29 is 4.79 Å². The van der Waals surface area contributed by atoms with Crippen LogP contribution in [0.2, 0.25) is 0 Å². The molecule has 3 rings (SSSR count). The van der Waals surface area contributed by atoms with Gasteiger partial charge in [0.05, 0.1) is 12.5 Å². The number of rotatable bonds is 6. The van der Waals surface area contributed by atoms with Gasteiger partial charge in [-0.15, -0.1) is 0 Å². The second kappa shape index (κ2) is 8.61. The highest BCUT2D eigenvalue weighted by Crippen LogP contribution is 2.15. The molecule has 6 heteroatoms. The number of amides is 1. The number of hydrogen-bond acceptors (Lipinski definition) is 4. The van der Waals surface area contributed by atoms with Crippen LogP contribution in [0.5, 0.6) is 0 Å². The van der Waals surface area contributed by atoms with Gasteiger partial charge in [-0.2, -0.15) is 0 Å². The Labute approximate surface area is 164 Å². The summed E-state index contributed by atoms with van der Waals surface area (Å²) < 4.78 is 0. The van der Waals surface area contributed by atoms with Gasteiger partial charge in [-0.3, -0.25) is 14.6 Å². The molecule has 0 spiro atoms. The summed E-state index contributed by atoms with van der Waals surface area (Å²) in [6.45, 7) is 5.77. The zero-order valence-corrected chi connectivity index (χ0v) is 16.3. The van der Waals surface area contributed by atoms with Crippen LogP contribution in [-0.4, -0.2) is 20.9 Å². The number of aromatic nitrogens is 3. The Hall–Kier alpha value is -3.28. The van der Waals surface area contributed by atoms with Crippen molar-refractivity contribution >= 4 is 5.91 Å². The summed E-state index contributed by atoms with van der Waals surface area (Å²) in [6, 6.07) is 13.4. The standard InChI is InChI=1S/C22H24N4O2/c1-4-16-8-10-17(11-9-16)14(2)24-20(27)13-18-15(3)25-21(26-22(18)28)19-7-5-6-12-23-19/h5-12,14H,4,13H2,1-3H3,(H,24,27)(H,25,26,28)/t14-/m1/s1. The minimum Gasteiger partial charge on any atom is -0.349 e. The second-order valence-electron chi connectivity index (χ2n) is 6.75. The monoisotopic (exact) mass is 376 g/mol. The zero-order valence-electron chi connectivity index (χ0n) is 16.3. The van der Waals surface area contributed by atoms with Crippen molar-refractivity contribution in [2.75, 3.05) is 0 Å². The number of aryl methyl sites for hydroxylation is 2. The minimum absolute atomic E-state index is 0.0198. The van der Waals surface area contributed by atoms with Crippen LogP contribution in [0.1, 0.15) is 42.3 Å².